The highest BCUT2D eigenvalue weighted by Crippen LogP contribution is 2.23. The lowest BCUT2D eigenvalue weighted by Crippen LogP contribution is -2.17. The number of benzene rings is 1. The van der Waals surface area contributed by atoms with E-state index in [2.05, 4.69) is 19.2 Å². The maximum absolute atomic E-state index is 12.2. The molecule has 0 aliphatic rings. The highest BCUT2D eigenvalue weighted by atomic mass is 16.5. The molecule has 23 heavy (non-hydrogen) atoms. The maximum Gasteiger partial charge on any atom is 0.341 e. The molecule has 0 saturated carbocycles. The number of aliphatic carboxylic acids is 1. The lowest BCUT2D eigenvalue weighted by atomic mass is 9.95. The average Bonchev–Trinajstić information content (AvgIpc) is 2.51. The quantitative estimate of drug-likeness (QED) is 0.683. The number of rotatable bonds is 10. The number of carboxylic acids is 1. The zero-order valence-corrected chi connectivity index (χ0v) is 14.2. The van der Waals surface area contributed by atoms with Crippen molar-refractivity contribution in [3.63, 3.8) is 0 Å². The van der Waals surface area contributed by atoms with Gasteiger partial charge in [-0.25, -0.2) is 4.79 Å². The van der Waals surface area contributed by atoms with Crippen LogP contribution in [0.5, 0.6) is 5.75 Å². The van der Waals surface area contributed by atoms with Gasteiger partial charge in [0.1, 0.15) is 5.75 Å². The van der Waals surface area contributed by atoms with Gasteiger partial charge in [-0.1, -0.05) is 33.1 Å². The van der Waals surface area contributed by atoms with Gasteiger partial charge in [0, 0.05) is 12.1 Å². The van der Waals surface area contributed by atoms with Crippen molar-refractivity contribution in [1.82, 2.24) is 0 Å². The number of carboxylic acid groups (broad SMARTS) is 1. The van der Waals surface area contributed by atoms with Crippen LogP contribution in [0.2, 0.25) is 0 Å². The van der Waals surface area contributed by atoms with Crippen LogP contribution in [0, 0.1) is 12.8 Å². The van der Waals surface area contributed by atoms with E-state index in [-0.39, 0.29) is 12.5 Å². The SMILES string of the molecule is CCCCC(CC)CC(=O)Nc1ccc(OCC(=O)O)cc1C. The van der Waals surface area contributed by atoms with Gasteiger partial charge in [-0.05, 0) is 43.0 Å². The van der Waals surface area contributed by atoms with Crippen molar-refractivity contribution in [2.45, 2.75) is 52.9 Å². The molecule has 2 N–H and O–H groups in total. The first-order valence-electron chi connectivity index (χ1n) is 8.21. The fraction of sp³-hybridized carbons (Fsp3) is 0.556. The summed E-state index contributed by atoms with van der Waals surface area (Å²) in [4.78, 5) is 22.7. The summed E-state index contributed by atoms with van der Waals surface area (Å²) in [6.45, 7) is 5.76. The number of carbonyl (C=O) groups is 2. The third-order valence-corrected chi connectivity index (χ3v) is 3.85. The minimum absolute atomic E-state index is 0.0234. The Hall–Kier alpha value is -2.04. The Morgan fingerprint density at radius 2 is 2.04 bits per heavy atom. The third kappa shape index (κ3) is 7.17. The number of carbonyl (C=O) groups excluding carboxylic acids is 1. The zero-order valence-electron chi connectivity index (χ0n) is 14.2. The Labute approximate surface area is 138 Å². The van der Waals surface area contributed by atoms with Crippen molar-refractivity contribution in [1.29, 1.82) is 0 Å². The number of nitrogens with one attached hydrogen (secondary N) is 1. The standard InChI is InChI=1S/C18H27NO4/c1-4-6-7-14(5-2)11-17(20)19-16-9-8-15(10-13(16)3)23-12-18(21)22/h8-10,14H,4-7,11-12H2,1-3H3,(H,19,20)(H,21,22). The van der Waals surface area contributed by atoms with E-state index in [1.165, 1.54) is 0 Å². The molecule has 5 nitrogen and oxygen atoms in total. The molecule has 1 aromatic rings. The lowest BCUT2D eigenvalue weighted by Gasteiger charge is -2.15. The number of anilines is 1. The van der Waals surface area contributed by atoms with Gasteiger partial charge < -0.3 is 15.2 Å². The van der Waals surface area contributed by atoms with Crippen LogP contribution in [-0.4, -0.2) is 23.6 Å². The molecular formula is C18H27NO4. The summed E-state index contributed by atoms with van der Waals surface area (Å²) in [5, 5.41) is 11.5. The summed E-state index contributed by atoms with van der Waals surface area (Å²) in [6, 6.07) is 5.14. The smallest absolute Gasteiger partial charge is 0.341 e. The van der Waals surface area contributed by atoms with E-state index in [1.54, 1.807) is 18.2 Å². The summed E-state index contributed by atoms with van der Waals surface area (Å²) >= 11 is 0. The van der Waals surface area contributed by atoms with Crippen LogP contribution in [-0.2, 0) is 9.59 Å². The normalized spacial score (nSPS) is 11.8. The van der Waals surface area contributed by atoms with Crippen molar-refractivity contribution in [2.24, 2.45) is 5.92 Å². The molecule has 0 heterocycles. The zero-order chi connectivity index (χ0) is 17.2. The van der Waals surface area contributed by atoms with Gasteiger partial charge in [0.2, 0.25) is 5.91 Å². The first-order chi connectivity index (χ1) is 11.0. The topological polar surface area (TPSA) is 75.6 Å². The molecule has 0 radical (unpaired) electrons. The molecule has 0 aromatic heterocycles. The first kappa shape index (κ1) is 19.0. The van der Waals surface area contributed by atoms with Crippen LogP contribution >= 0.6 is 0 Å². The van der Waals surface area contributed by atoms with Crippen molar-refractivity contribution in [2.75, 3.05) is 11.9 Å². The van der Waals surface area contributed by atoms with Crippen LogP contribution < -0.4 is 10.1 Å². The molecule has 0 aliphatic heterocycles. The highest BCUT2D eigenvalue weighted by Gasteiger charge is 2.13. The second-order valence-electron chi connectivity index (χ2n) is 5.83. The van der Waals surface area contributed by atoms with Crippen LogP contribution in [0.15, 0.2) is 18.2 Å². The number of hydrogen-bond donors (Lipinski definition) is 2. The van der Waals surface area contributed by atoms with Gasteiger partial charge in [-0.2, -0.15) is 0 Å². The van der Waals surface area contributed by atoms with E-state index >= 15 is 0 Å². The van der Waals surface area contributed by atoms with E-state index < -0.39 is 5.97 Å². The number of hydrogen-bond acceptors (Lipinski definition) is 3. The van der Waals surface area contributed by atoms with Gasteiger partial charge in [0.15, 0.2) is 6.61 Å². The molecule has 0 bridgehead atoms. The van der Waals surface area contributed by atoms with E-state index in [9.17, 15) is 9.59 Å². The number of aryl methyl sites for hydroxylation is 1. The molecule has 128 valence electrons. The summed E-state index contributed by atoms with van der Waals surface area (Å²) in [6.07, 6.45) is 4.93. The van der Waals surface area contributed by atoms with Crippen LogP contribution in [0.4, 0.5) is 5.69 Å². The van der Waals surface area contributed by atoms with Gasteiger partial charge >= 0.3 is 5.97 Å². The predicted molar refractivity (Wildman–Crippen MR) is 90.9 cm³/mol. The second kappa shape index (κ2) is 9.87. The molecule has 0 spiro atoms. The van der Waals surface area contributed by atoms with Crippen LogP contribution in [0.25, 0.3) is 0 Å². The van der Waals surface area contributed by atoms with E-state index in [0.29, 0.717) is 18.1 Å². The molecule has 1 unspecified atom stereocenters. The Balaban J connectivity index is 2.58. The summed E-state index contributed by atoms with van der Waals surface area (Å²) in [7, 11) is 0. The molecule has 0 saturated heterocycles. The van der Waals surface area contributed by atoms with Crippen LogP contribution in [0.3, 0.4) is 0 Å². The van der Waals surface area contributed by atoms with Crippen molar-refractivity contribution in [3.05, 3.63) is 23.8 Å². The molecule has 5 heteroatoms. The summed E-state index contributed by atoms with van der Waals surface area (Å²) < 4.78 is 5.12. The second-order valence-corrected chi connectivity index (χ2v) is 5.83. The molecule has 1 rings (SSSR count). The first-order valence-corrected chi connectivity index (χ1v) is 8.21. The van der Waals surface area contributed by atoms with Gasteiger partial charge in [0.05, 0.1) is 0 Å². The van der Waals surface area contributed by atoms with E-state index in [1.807, 2.05) is 6.92 Å². The van der Waals surface area contributed by atoms with Crippen LogP contribution in [0.1, 0.15) is 51.5 Å². The maximum atomic E-state index is 12.2. The highest BCUT2D eigenvalue weighted by molar-refractivity contribution is 5.91. The molecule has 0 aliphatic carbocycles. The van der Waals surface area contributed by atoms with E-state index in [0.717, 1.165) is 36.9 Å². The molecule has 0 fully saturated rings. The Kier molecular flexibility index (Phi) is 8.16. The Morgan fingerprint density at radius 3 is 2.61 bits per heavy atom. The van der Waals surface area contributed by atoms with Gasteiger partial charge in [0.25, 0.3) is 0 Å². The summed E-state index contributed by atoms with van der Waals surface area (Å²) in [5.74, 6) is -0.0846. The van der Waals surface area contributed by atoms with Crippen molar-refractivity contribution >= 4 is 17.6 Å². The Morgan fingerprint density at radius 1 is 1.30 bits per heavy atom. The fourth-order valence-electron chi connectivity index (χ4n) is 2.42. The predicted octanol–water partition coefficient (Wildman–Crippen LogP) is 4.00. The molecule has 1 amide bonds. The minimum Gasteiger partial charge on any atom is -0.482 e. The minimum atomic E-state index is -1.02. The Bertz CT molecular complexity index is 528. The van der Waals surface area contributed by atoms with Crippen molar-refractivity contribution in [3.8, 4) is 5.75 Å². The largest absolute Gasteiger partial charge is 0.482 e. The monoisotopic (exact) mass is 321 g/mol. The van der Waals surface area contributed by atoms with E-state index in [4.69, 9.17) is 9.84 Å². The number of unbranched alkanes of at least 4 members (excludes halogenated alkanes) is 1. The molecule has 1 aromatic carbocycles. The number of ether oxygens (including phenoxy) is 1. The fourth-order valence-corrected chi connectivity index (χ4v) is 2.42. The van der Waals surface area contributed by atoms with Gasteiger partial charge in [-0.3, -0.25) is 4.79 Å². The third-order valence-electron chi connectivity index (χ3n) is 3.85. The number of amides is 1. The average molecular weight is 321 g/mol. The summed E-state index contributed by atoms with van der Waals surface area (Å²) in [5.41, 5.74) is 1.59. The molecular weight excluding hydrogens is 294 g/mol. The van der Waals surface area contributed by atoms with Crippen molar-refractivity contribution < 1.29 is 19.4 Å². The lowest BCUT2D eigenvalue weighted by molar-refractivity contribution is -0.139. The molecule has 1 atom stereocenters. The van der Waals surface area contributed by atoms with Gasteiger partial charge in [-0.15, -0.1) is 0 Å².